The smallest absolute Gasteiger partial charge is 0.317 e. The Bertz CT molecular complexity index is 846. The van der Waals surface area contributed by atoms with Crippen LogP contribution in [-0.2, 0) is 17.8 Å². The minimum Gasteiger partial charge on any atom is -0.481 e. The molecule has 156 valence electrons. The number of nitrogens with one attached hydrogen (secondary N) is 1. The Morgan fingerprint density at radius 3 is 2.76 bits per heavy atom. The topological polar surface area (TPSA) is 109 Å². The number of urea groups is 1. The number of rotatable bonds is 6. The number of benzene rings is 1. The summed E-state index contributed by atoms with van der Waals surface area (Å²) in [6.07, 6.45) is 2.24. The number of carbonyl (C=O) groups is 2. The van der Waals surface area contributed by atoms with Gasteiger partial charge in [-0.05, 0) is 48.4 Å². The Labute approximate surface area is 176 Å². The van der Waals surface area contributed by atoms with Crippen LogP contribution in [0.1, 0.15) is 42.0 Å². The SMILES string of the molecule is Cl.Nc1cccc(CCCNC(=O)N2CCC(CC(=O)O)c3ccccc3C2)n1. The molecule has 0 radical (unpaired) electrons. The molecule has 1 aromatic heterocycles. The van der Waals surface area contributed by atoms with Crippen molar-refractivity contribution in [1.82, 2.24) is 15.2 Å². The molecule has 4 N–H and O–H groups in total. The maximum Gasteiger partial charge on any atom is 0.317 e. The summed E-state index contributed by atoms with van der Waals surface area (Å²) in [6, 6.07) is 13.2. The number of carboxylic acids is 1. The quantitative estimate of drug-likeness (QED) is 0.624. The third-order valence-corrected chi connectivity index (χ3v) is 5.03. The Morgan fingerprint density at radius 2 is 2.00 bits per heavy atom. The summed E-state index contributed by atoms with van der Waals surface area (Å²) in [7, 11) is 0. The number of anilines is 1. The summed E-state index contributed by atoms with van der Waals surface area (Å²) < 4.78 is 0. The fraction of sp³-hybridized carbons (Fsp3) is 0.381. The summed E-state index contributed by atoms with van der Waals surface area (Å²) in [6.45, 7) is 1.58. The number of aromatic nitrogens is 1. The molecule has 8 heteroatoms. The Balaban J connectivity index is 0.00000300. The first-order valence-corrected chi connectivity index (χ1v) is 9.56. The van der Waals surface area contributed by atoms with E-state index >= 15 is 0 Å². The van der Waals surface area contributed by atoms with E-state index in [2.05, 4.69) is 10.3 Å². The van der Waals surface area contributed by atoms with Gasteiger partial charge in [0.05, 0.1) is 6.42 Å². The molecule has 0 spiro atoms. The zero-order valence-electron chi connectivity index (χ0n) is 16.2. The number of carboxylic acid groups (broad SMARTS) is 1. The highest BCUT2D eigenvalue weighted by Gasteiger charge is 2.26. The number of aryl methyl sites for hydroxylation is 1. The summed E-state index contributed by atoms with van der Waals surface area (Å²) in [5.41, 5.74) is 8.64. The lowest BCUT2D eigenvalue weighted by Crippen LogP contribution is -2.40. The number of nitrogens with two attached hydrogens (primary N) is 1. The van der Waals surface area contributed by atoms with Crippen molar-refractivity contribution < 1.29 is 14.7 Å². The molecule has 2 aromatic rings. The molecule has 2 amide bonds. The van der Waals surface area contributed by atoms with Crippen LogP contribution in [0.3, 0.4) is 0 Å². The van der Waals surface area contributed by atoms with Gasteiger partial charge in [0.15, 0.2) is 0 Å². The van der Waals surface area contributed by atoms with E-state index in [9.17, 15) is 14.7 Å². The zero-order chi connectivity index (χ0) is 19.9. The zero-order valence-corrected chi connectivity index (χ0v) is 17.0. The predicted octanol–water partition coefficient (Wildman–Crippen LogP) is 3.19. The van der Waals surface area contributed by atoms with Crippen LogP contribution in [0, 0.1) is 0 Å². The second-order valence-electron chi connectivity index (χ2n) is 7.09. The second-order valence-corrected chi connectivity index (χ2v) is 7.09. The molecule has 1 unspecified atom stereocenters. The van der Waals surface area contributed by atoms with E-state index in [1.54, 1.807) is 11.0 Å². The average Bonchev–Trinajstić information content (AvgIpc) is 2.85. The number of amides is 2. The first-order chi connectivity index (χ1) is 13.5. The van der Waals surface area contributed by atoms with Crippen LogP contribution < -0.4 is 11.1 Å². The Kier molecular flexibility index (Phi) is 8.27. The van der Waals surface area contributed by atoms with E-state index in [-0.39, 0.29) is 30.8 Å². The Morgan fingerprint density at radius 1 is 1.21 bits per heavy atom. The highest BCUT2D eigenvalue weighted by molar-refractivity contribution is 5.85. The van der Waals surface area contributed by atoms with Gasteiger partial charge in [-0.3, -0.25) is 4.79 Å². The molecule has 0 fully saturated rings. The third kappa shape index (κ3) is 6.35. The van der Waals surface area contributed by atoms with Gasteiger partial charge in [0.1, 0.15) is 5.82 Å². The molecule has 0 aliphatic carbocycles. The number of halogens is 1. The molecular formula is C21H27ClN4O3. The highest BCUT2D eigenvalue weighted by Crippen LogP contribution is 2.31. The first-order valence-electron chi connectivity index (χ1n) is 9.56. The second kappa shape index (κ2) is 10.7. The molecule has 7 nitrogen and oxygen atoms in total. The van der Waals surface area contributed by atoms with Crippen molar-refractivity contribution in [3.63, 3.8) is 0 Å². The van der Waals surface area contributed by atoms with Crippen molar-refractivity contribution in [2.45, 2.75) is 38.1 Å². The predicted molar refractivity (Wildman–Crippen MR) is 114 cm³/mol. The average molecular weight is 419 g/mol. The van der Waals surface area contributed by atoms with Crippen LogP contribution in [0.25, 0.3) is 0 Å². The molecule has 3 rings (SSSR count). The van der Waals surface area contributed by atoms with Crippen LogP contribution in [-0.4, -0.2) is 40.1 Å². The molecule has 0 saturated heterocycles. The summed E-state index contributed by atoms with van der Waals surface area (Å²) in [5.74, 6) is -0.380. The van der Waals surface area contributed by atoms with Crippen LogP contribution in [0.15, 0.2) is 42.5 Å². The number of carbonyl (C=O) groups excluding carboxylic acids is 1. The molecule has 0 bridgehead atoms. The van der Waals surface area contributed by atoms with Crippen molar-refractivity contribution in [1.29, 1.82) is 0 Å². The lowest BCUT2D eigenvalue weighted by Gasteiger charge is -2.21. The van der Waals surface area contributed by atoms with Crippen LogP contribution in [0.5, 0.6) is 0 Å². The van der Waals surface area contributed by atoms with Gasteiger partial charge >= 0.3 is 12.0 Å². The van der Waals surface area contributed by atoms with Gasteiger partial charge < -0.3 is 21.1 Å². The highest BCUT2D eigenvalue weighted by atomic mass is 35.5. The normalized spacial score (nSPS) is 15.6. The number of nitrogens with zero attached hydrogens (tertiary/aromatic N) is 2. The van der Waals surface area contributed by atoms with Crippen molar-refractivity contribution in [2.24, 2.45) is 0 Å². The van der Waals surface area contributed by atoms with Crippen LogP contribution >= 0.6 is 12.4 Å². The lowest BCUT2D eigenvalue weighted by molar-refractivity contribution is -0.137. The lowest BCUT2D eigenvalue weighted by atomic mass is 9.90. The summed E-state index contributed by atoms with van der Waals surface area (Å²) >= 11 is 0. The first kappa shape index (κ1) is 22.5. The largest absolute Gasteiger partial charge is 0.481 e. The number of hydrogen-bond donors (Lipinski definition) is 3. The van der Waals surface area contributed by atoms with E-state index in [0.717, 1.165) is 29.7 Å². The maximum atomic E-state index is 12.6. The monoisotopic (exact) mass is 418 g/mol. The summed E-state index contributed by atoms with van der Waals surface area (Å²) in [4.78, 5) is 29.8. The van der Waals surface area contributed by atoms with Gasteiger partial charge in [-0.25, -0.2) is 9.78 Å². The van der Waals surface area contributed by atoms with Gasteiger partial charge in [0, 0.05) is 25.3 Å². The number of nitrogen functional groups attached to an aromatic ring is 1. The fourth-order valence-corrected chi connectivity index (χ4v) is 3.64. The molecule has 1 aromatic carbocycles. The third-order valence-electron chi connectivity index (χ3n) is 5.03. The number of aliphatic carboxylic acids is 1. The van der Waals surface area contributed by atoms with Gasteiger partial charge in [-0.15, -0.1) is 12.4 Å². The minimum atomic E-state index is -0.812. The molecule has 1 aliphatic rings. The number of pyridine rings is 1. The van der Waals surface area contributed by atoms with E-state index in [0.29, 0.717) is 31.9 Å². The summed E-state index contributed by atoms with van der Waals surface area (Å²) in [5, 5.41) is 12.2. The standard InChI is InChI=1S/C21H26N4O3.ClH/c22-19-9-3-6-17(24-19)7-4-11-23-21(28)25-12-10-15(13-20(26)27)18-8-2-1-5-16(18)14-25;/h1-3,5-6,8-9,15H,4,7,10-14H2,(H2,22,24)(H,23,28)(H,26,27);1H. The van der Waals surface area contributed by atoms with Gasteiger partial charge in [0.2, 0.25) is 0 Å². The van der Waals surface area contributed by atoms with Gasteiger partial charge in [0.25, 0.3) is 0 Å². The number of hydrogen-bond acceptors (Lipinski definition) is 4. The van der Waals surface area contributed by atoms with Gasteiger partial charge in [-0.1, -0.05) is 30.3 Å². The molecular weight excluding hydrogens is 392 g/mol. The van der Waals surface area contributed by atoms with Gasteiger partial charge in [-0.2, -0.15) is 0 Å². The molecule has 1 aliphatic heterocycles. The van der Waals surface area contributed by atoms with E-state index in [4.69, 9.17) is 5.73 Å². The van der Waals surface area contributed by atoms with Crippen LogP contribution in [0.4, 0.5) is 10.6 Å². The van der Waals surface area contributed by atoms with Crippen molar-refractivity contribution in [3.05, 3.63) is 59.3 Å². The molecule has 1 atom stereocenters. The van der Waals surface area contributed by atoms with E-state index in [1.165, 1.54) is 0 Å². The van der Waals surface area contributed by atoms with E-state index < -0.39 is 5.97 Å². The van der Waals surface area contributed by atoms with Crippen molar-refractivity contribution >= 4 is 30.2 Å². The van der Waals surface area contributed by atoms with E-state index in [1.807, 2.05) is 36.4 Å². The minimum absolute atomic E-state index is 0. The van der Waals surface area contributed by atoms with Crippen LogP contribution in [0.2, 0.25) is 0 Å². The van der Waals surface area contributed by atoms with Crippen molar-refractivity contribution in [2.75, 3.05) is 18.8 Å². The maximum absolute atomic E-state index is 12.6. The number of fused-ring (bicyclic) bond motifs is 1. The fourth-order valence-electron chi connectivity index (χ4n) is 3.64. The Hall–Kier alpha value is -2.80. The molecule has 2 heterocycles. The van der Waals surface area contributed by atoms with Crippen molar-refractivity contribution in [3.8, 4) is 0 Å². The molecule has 0 saturated carbocycles. The molecule has 29 heavy (non-hydrogen) atoms.